The summed E-state index contributed by atoms with van der Waals surface area (Å²) in [6.45, 7) is 0.451. The van der Waals surface area contributed by atoms with Crippen LogP contribution in [0.1, 0.15) is 5.56 Å². The highest BCUT2D eigenvalue weighted by molar-refractivity contribution is 6.28. The maximum atomic E-state index is 11.0. The van der Waals surface area contributed by atoms with Crippen molar-refractivity contribution in [1.29, 1.82) is 0 Å². The van der Waals surface area contributed by atoms with Gasteiger partial charge in [-0.15, -0.1) is 0 Å². The molecule has 0 bridgehead atoms. The SMILES string of the molecule is O=C=NN(c1ccc(OCc2ccccc2)cc1)c1nc(Cl)nc2nc[nH]c12. The van der Waals surface area contributed by atoms with Gasteiger partial charge in [0.1, 0.15) is 17.9 Å². The van der Waals surface area contributed by atoms with E-state index in [9.17, 15) is 4.79 Å². The summed E-state index contributed by atoms with van der Waals surface area (Å²) in [6.07, 6.45) is 3.00. The van der Waals surface area contributed by atoms with Crippen LogP contribution >= 0.6 is 11.6 Å². The van der Waals surface area contributed by atoms with E-state index in [2.05, 4.69) is 25.0 Å². The number of benzene rings is 2. The lowest BCUT2D eigenvalue weighted by molar-refractivity contribution is 0.306. The molecule has 0 spiro atoms. The summed E-state index contributed by atoms with van der Waals surface area (Å²) in [7, 11) is 0. The van der Waals surface area contributed by atoms with Crippen molar-refractivity contribution in [3.05, 3.63) is 71.8 Å². The monoisotopic (exact) mass is 392 g/mol. The molecule has 0 aliphatic rings. The number of rotatable bonds is 6. The van der Waals surface area contributed by atoms with Gasteiger partial charge in [0.2, 0.25) is 5.28 Å². The van der Waals surface area contributed by atoms with E-state index in [1.54, 1.807) is 24.3 Å². The van der Waals surface area contributed by atoms with Crippen LogP contribution in [0.2, 0.25) is 5.28 Å². The largest absolute Gasteiger partial charge is 0.489 e. The van der Waals surface area contributed by atoms with Crippen LogP contribution in [0.25, 0.3) is 11.2 Å². The van der Waals surface area contributed by atoms with Gasteiger partial charge in [0.15, 0.2) is 11.5 Å². The predicted molar refractivity (Wildman–Crippen MR) is 104 cm³/mol. The Balaban J connectivity index is 1.61. The van der Waals surface area contributed by atoms with Crippen LogP contribution in [0, 0.1) is 0 Å². The zero-order valence-electron chi connectivity index (χ0n) is 14.4. The third-order valence-electron chi connectivity index (χ3n) is 3.91. The van der Waals surface area contributed by atoms with Gasteiger partial charge < -0.3 is 9.72 Å². The molecule has 0 saturated heterocycles. The highest BCUT2D eigenvalue weighted by atomic mass is 35.5. The summed E-state index contributed by atoms with van der Waals surface area (Å²) in [5, 5.41) is 5.05. The molecule has 0 radical (unpaired) electrons. The second-order valence-corrected chi connectivity index (χ2v) is 6.03. The van der Waals surface area contributed by atoms with Gasteiger partial charge in [-0.25, -0.2) is 14.8 Å². The summed E-state index contributed by atoms with van der Waals surface area (Å²) in [5.41, 5.74) is 2.49. The first-order valence-electron chi connectivity index (χ1n) is 8.26. The number of halogens is 1. The Bertz CT molecular complexity index is 1140. The normalized spacial score (nSPS) is 10.5. The van der Waals surface area contributed by atoms with E-state index >= 15 is 0 Å². The number of aromatic amines is 1. The maximum Gasteiger partial charge on any atom is 0.259 e. The van der Waals surface area contributed by atoms with Crippen molar-refractivity contribution >= 4 is 40.4 Å². The molecule has 0 aliphatic carbocycles. The number of hydrogen-bond donors (Lipinski definition) is 1. The average Bonchev–Trinajstić information content (AvgIpc) is 3.20. The second kappa shape index (κ2) is 7.87. The molecule has 0 saturated carbocycles. The van der Waals surface area contributed by atoms with Gasteiger partial charge in [0, 0.05) is 0 Å². The van der Waals surface area contributed by atoms with Gasteiger partial charge in [-0.1, -0.05) is 35.4 Å². The van der Waals surface area contributed by atoms with E-state index in [4.69, 9.17) is 16.3 Å². The number of nitrogens with zero attached hydrogens (tertiary/aromatic N) is 5. The zero-order valence-corrected chi connectivity index (χ0v) is 15.2. The van der Waals surface area contributed by atoms with Crippen LogP contribution in [-0.4, -0.2) is 26.0 Å². The quantitative estimate of drug-likeness (QED) is 0.231. The number of aromatic nitrogens is 4. The lowest BCUT2D eigenvalue weighted by atomic mass is 10.2. The number of ether oxygens (including phenoxy) is 1. The van der Waals surface area contributed by atoms with E-state index in [1.165, 1.54) is 17.4 Å². The van der Waals surface area contributed by atoms with Crippen molar-refractivity contribution in [1.82, 2.24) is 19.9 Å². The zero-order chi connectivity index (χ0) is 19.3. The van der Waals surface area contributed by atoms with Crippen molar-refractivity contribution in [2.75, 3.05) is 5.01 Å². The number of H-pyrrole nitrogens is 1. The van der Waals surface area contributed by atoms with E-state index in [1.807, 2.05) is 30.3 Å². The molecule has 4 aromatic rings. The lowest BCUT2D eigenvalue weighted by Gasteiger charge is -2.17. The fourth-order valence-corrected chi connectivity index (χ4v) is 2.80. The first-order valence-corrected chi connectivity index (χ1v) is 8.64. The minimum Gasteiger partial charge on any atom is -0.489 e. The standard InChI is InChI=1S/C19H13ClN6O2/c20-19-24-17-16(21-11-22-17)18(25-19)26(23-12-27)14-6-8-15(9-7-14)28-10-13-4-2-1-3-5-13/h1-9,11H,10H2,(H,21,22,24,25). The number of fused-ring (bicyclic) bond motifs is 1. The molecule has 1 N–H and O–H groups in total. The van der Waals surface area contributed by atoms with Crippen molar-refractivity contribution in [3.8, 4) is 5.75 Å². The molecular weight excluding hydrogens is 380 g/mol. The molecule has 9 heteroatoms. The molecule has 0 unspecified atom stereocenters. The van der Waals surface area contributed by atoms with Gasteiger partial charge >= 0.3 is 0 Å². The third-order valence-corrected chi connectivity index (χ3v) is 4.08. The number of hydrogen-bond acceptors (Lipinski definition) is 7. The summed E-state index contributed by atoms with van der Waals surface area (Å²) >= 11 is 5.97. The number of anilines is 2. The van der Waals surface area contributed by atoms with Crippen LogP contribution in [0.15, 0.2) is 66.0 Å². The molecule has 8 nitrogen and oxygen atoms in total. The van der Waals surface area contributed by atoms with Crippen molar-refractivity contribution in [2.45, 2.75) is 6.61 Å². The number of nitrogens with one attached hydrogen (secondary N) is 1. The van der Waals surface area contributed by atoms with Crippen LogP contribution in [0.5, 0.6) is 5.75 Å². The Hall–Kier alpha value is -3.74. The average molecular weight is 393 g/mol. The number of carbonyl (C=O) groups excluding carboxylic acids is 1. The Kier molecular flexibility index (Phi) is 4.97. The molecular formula is C19H13ClN6O2. The fraction of sp³-hybridized carbons (Fsp3) is 0.0526. The van der Waals surface area contributed by atoms with E-state index in [0.717, 1.165) is 5.56 Å². The summed E-state index contributed by atoms with van der Waals surface area (Å²) in [4.78, 5) is 26.2. The van der Waals surface area contributed by atoms with Crippen LogP contribution < -0.4 is 9.75 Å². The Morgan fingerprint density at radius 1 is 1.11 bits per heavy atom. The summed E-state index contributed by atoms with van der Waals surface area (Å²) < 4.78 is 5.78. The highest BCUT2D eigenvalue weighted by Gasteiger charge is 2.18. The highest BCUT2D eigenvalue weighted by Crippen LogP contribution is 2.31. The van der Waals surface area contributed by atoms with Gasteiger partial charge in [-0.2, -0.15) is 9.97 Å². The number of hydrazone groups is 1. The molecule has 0 amide bonds. The van der Waals surface area contributed by atoms with Gasteiger partial charge in [-0.3, -0.25) is 0 Å². The van der Waals surface area contributed by atoms with Gasteiger partial charge in [0.05, 0.1) is 12.0 Å². The minimum atomic E-state index is -0.0106. The van der Waals surface area contributed by atoms with Gasteiger partial charge in [-0.05, 0) is 41.4 Å². The van der Waals surface area contributed by atoms with Crippen molar-refractivity contribution in [3.63, 3.8) is 0 Å². The second-order valence-electron chi connectivity index (χ2n) is 5.69. The third kappa shape index (κ3) is 3.68. The molecule has 2 aromatic heterocycles. The van der Waals surface area contributed by atoms with E-state index in [-0.39, 0.29) is 11.1 Å². The molecule has 0 atom stereocenters. The molecule has 0 aliphatic heterocycles. The molecule has 2 aromatic carbocycles. The van der Waals surface area contributed by atoms with Gasteiger partial charge in [0.25, 0.3) is 6.08 Å². The first kappa shape index (κ1) is 17.7. The maximum absolute atomic E-state index is 11.0. The van der Waals surface area contributed by atoms with E-state index < -0.39 is 0 Å². The van der Waals surface area contributed by atoms with Crippen LogP contribution in [-0.2, 0) is 11.4 Å². The number of imidazole rings is 1. The minimum absolute atomic E-state index is 0.0106. The van der Waals surface area contributed by atoms with Crippen molar-refractivity contribution < 1.29 is 9.53 Å². The molecule has 2 heterocycles. The lowest BCUT2D eigenvalue weighted by Crippen LogP contribution is -2.11. The smallest absolute Gasteiger partial charge is 0.259 e. The topological polar surface area (TPSA) is 96.4 Å². The van der Waals surface area contributed by atoms with Crippen molar-refractivity contribution in [2.24, 2.45) is 5.10 Å². The van der Waals surface area contributed by atoms with Crippen LogP contribution in [0.3, 0.4) is 0 Å². The predicted octanol–water partition coefficient (Wildman–Crippen LogP) is 3.97. The molecule has 4 rings (SSSR count). The Morgan fingerprint density at radius 3 is 2.64 bits per heavy atom. The van der Waals surface area contributed by atoms with Crippen LogP contribution in [0.4, 0.5) is 11.5 Å². The molecule has 138 valence electrons. The first-order chi connectivity index (χ1) is 13.7. The summed E-state index contributed by atoms with van der Waals surface area (Å²) in [6, 6.07) is 16.9. The Morgan fingerprint density at radius 2 is 1.89 bits per heavy atom. The van der Waals surface area contributed by atoms with E-state index in [0.29, 0.717) is 29.2 Å². The summed E-state index contributed by atoms with van der Waals surface area (Å²) in [5.74, 6) is 0.962. The molecule has 0 fully saturated rings. The molecule has 28 heavy (non-hydrogen) atoms. The Labute approximate surface area is 164 Å². The number of isocyanates is 1. The fourth-order valence-electron chi connectivity index (χ4n) is 2.64.